The number of nitrogens with two attached hydrogens (primary N) is 1. The van der Waals surface area contributed by atoms with Crippen LogP contribution in [-0.4, -0.2) is 112 Å². The summed E-state index contributed by atoms with van der Waals surface area (Å²) in [6, 6.07) is 0. The van der Waals surface area contributed by atoms with Crippen molar-refractivity contribution in [2.24, 2.45) is 11.1 Å². The zero-order valence-corrected chi connectivity index (χ0v) is 23.2. The zero-order valence-electron chi connectivity index (χ0n) is 23.2. The number of rotatable bonds is 13. The van der Waals surface area contributed by atoms with E-state index in [0.29, 0.717) is 0 Å². The maximum Gasteiger partial charge on any atom is 0.435 e. The molecular weight excluding hydrogens is 819 g/mol. The first-order chi connectivity index (χ1) is 21.9. The van der Waals surface area contributed by atoms with Gasteiger partial charge in [0.15, 0.2) is 0 Å². The van der Waals surface area contributed by atoms with E-state index in [9.17, 15) is 119 Å². The summed E-state index contributed by atoms with van der Waals surface area (Å²) in [6.45, 7) is -17.5. The molecule has 2 N–H and O–H groups in total. The zero-order chi connectivity index (χ0) is 41.6. The van der Waals surface area contributed by atoms with Crippen LogP contribution in [0.25, 0.3) is 0 Å². The summed E-state index contributed by atoms with van der Waals surface area (Å²) >= 11 is 0. The van der Waals surface area contributed by atoms with E-state index >= 15 is 0 Å². The SMILES string of the molecule is NCCOCC(COC(C(F)(F)F)(C(F)(F)F)C(F)(F)F)(COC(C(F)(F)F)(C(F)(F)F)C(F)(F)F)COC(C(F)(F)F)(C(F)(F)F)C(F)(F)F. The van der Waals surface area contributed by atoms with Crippen molar-refractivity contribution >= 4 is 0 Å². The molecule has 32 heteroatoms. The van der Waals surface area contributed by atoms with Gasteiger partial charge in [-0.25, -0.2) is 0 Å². The first kappa shape index (κ1) is 48.9. The van der Waals surface area contributed by atoms with Crippen LogP contribution in [0.2, 0.25) is 0 Å². The highest BCUT2D eigenvalue weighted by molar-refractivity contribution is 5.06. The molecule has 0 amide bonds. The highest BCUT2D eigenvalue weighted by Gasteiger charge is 2.88. The van der Waals surface area contributed by atoms with E-state index in [4.69, 9.17) is 5.73 Å². The van der Waals surface area contributed by atoms with Gasteiger partial charge in [0.05, 0.1) is 38.4 Å². The second-order valence-electron chi connectivity index (χ2n) is 9.73. The molecule has 51 heavy (non-hydrogen) atoms. The quantitative estimate of drug-likeness (QED) is 0.150. The van der Waals surface area contributed by atoms with E-state index in [-0.39, 0.29) is 0 Å². The topological polar surface area (TPSA) is 62.9 Å². The van der Waals surface area contributed by atoms with Gasteiger partial charge >= 0.3 is 72.4 Å². The Hall–Kier alpha value is -2.09. The summed E-state index contributed by atoms with van der Waals surface area (Å²) in [5.41, 5.74) is -24.0. The van der Waals surface area contributed by atoms with Gasteiger partial charge in [-0.3, -0.25) is 0 Å². The van der Waals surface area contributed by atoms with Gasteiger partial charge in [-0.1, -0.05) is 0 Å². The molecule has 0 aliphatic heterocycles. The number of hydrogen-bond acceptors (Lipinski definition) is 5. The molecule has 0 saturated heterocycles. The van der Waals surface area contributed by atoms with Crippen LogP contribution in [0, 0.1) is 5.41 Å². The molecule has 0 rings (SSSR count). The minimum Gasteiger partial charge on any atom is -0.379 e. The largest absolute Gasteiger partial charge is 0.435 e. The monoisotopic (exact) mass is 833 g/mol. The molecule has 0 atom stereocenters. The van der Waals surface area contributed by atoms with Crippen LogP contribution in [0.1, 0.15) is 0 Å². The Morgan fingerprint density at radius 3 is 0.608 bits per heavy atom. The van der Waals surface area contributed by atoms with Crippen molar-refractivity contribution in [3.05, 3.63) is 0 Å². The molecule has 0 aliphatic carbocycles. The van der Waals surface area contributed by atoms with Crippen LogP contribution >= 0.6 is 0 Å². The molecule has 0 saturated carbocycles. The van der Waals surface area contributed by atoms with Crippen LogP contribution in [0.3, 0.4) is 0 Å². The van der Waals surface area contributed by atoms with Crippen LogP contribution in [0.5, 0.6) is 0 Å². The fraction of sp³-hybridized carbons (Fsp3) is 1.00. The third-order valence-electron chi connectivity index (χ3n) is 6.05. The Balaban J connectivity index is 8.26. The minimum absolute atomic E-state index is 1.18. The molecule has 0 unspecified atom stereocenters. The predicted octanol–water partition coefficient (Wildman–Crippen LogP) is 8.28. The molecule has 0 aromatic heterocycles. The van der Waals surface area contributed by atoms with E-state index in [0.717, 1.165) is 0 Å². The van der Waals surface area contributed by atoms with Crippen molar-refractivity contribution in [2.45, 2.75) is 72.4 Å². The second-order valence-corrected chi connectivity index (χ2v) is 9.73. The number of ether oxygens (including phenoxy) is 4. The van der Waals surface area contributed by atoms with Gasteiger partial charge < -0.3 is 24.7 Å². The van der Waals surface area contributed by atoms with Crippen molar-refractivity contribution in [3.8, 4) is 0 Å². The average Bonchev–Trinajstić information content (AvgIpc) is 2.76. The van der Waals surface area contributed by atoms with Crippen LogP contribution in [0.4, 0.5) is 119 Å². The Kier molecular flexibility index (Phi) is 13.7. The minimum atomic E-state index is -8.02. The van der Waals surface area contributed by atoms with Crippen LogP contribution < -0.4 is 5.73 Å². The van der Waals surface area contributed by atoms with Gasteiger partial charge in [0, 0.05) is 6.54 Å². The number of hydrogen-bond donors (Lipinski definition) is 1. The van der Waals surface area contributed by atoms with Gasteiger partial charge in [0.25, 0.3) is 0 Å². The standard InChI is InChI=1S/C19H14F27NO4/c20-11(21,22)8(12(23,24)25,13(26,27)28)49-4-7(3-48-2-1-47,5-50-9(14(29,30)31,15(32,33)34)16(35,36)37)6-51-10(17(38,39)40,18(41,42)43)19(44,45)46/h1-6,47H2. The van der Waals surface area contributed by atoms with E-state index in [1.54, 1.807) is 0 Å². The Labute approximate surface area is 262 Å². The summed E-state index contributed by atoms with van der Waals surface area (Å²) in [6.07, 6.45) is -72.2. The van der Waals surface area contributed by atoms with Crippen molar-refractivity contribution < 1.29 is 137 Å². The fourth-order valence-corrected chi connectivity index (χ4v) is 3.59. The van der Waals surface area contributed by atoms with Crippen molar-refractivity contribution in [1.82, 2.24) is 0 Å². The molecule has 0 aromatic carbocycles. The molecule has 308 valence electrons. The van der Waals surface area contributed by atoms with Crippen molar-refractivity contribution in [3.63, 3.8) is 0 Å². The van der Waals surface area contributed by atoms with Crippen molar-refractivity contribution in [1.29, 1.82) is 0 Å². The van der Waals surface area contributed by atoms with E-state index in [2.05, 4.69) is 18.9 Å². The molecular formula is C19H14F27NO4. The first-order valence-electron chi connectivity index (χ1n) is 11.7. The summed E-state index contributed by atoms with van der Waals surface area (Å²) in [4.78, 5) is 0. The number of halogens is 27. The maximum absolute atomic E-state index is 13.4. The molecule has 0 bridgehead atoms. The molecule has 0 aliphatic rings. The average molecular weight is 833 g/mol. The van der Waals surface area contributed by atoms with E-state index in [1.807, 2.05) is 0 Å². The lowest BCUT2D eigenvalue weighted by atomic mass is 9.89. The van der Waals surface area contributed by atoms with Crippen LogP contribution in [0.15, 0.2) is 0 Å². The first-order valence-corrected chi connectivity index (χ1v) is 11.7. The summed E-state index contributed by atoms with van der Waals surface area (Å²) < 4.78 is 373. The molecule has 0 spiro atoms. The third kappa shape index (κ3) is 9.00. The van der Waals surface area contributed by atoms with Gasteiger partial charge in [-0.05, 0) is 0 Å². The Morgan fingerprint density at radius 1 is 0.294 bits per heavy atom. The molecule has 0 fully saturated rings. The molecule has 0 aromatic rings. The lowest BCUT2D eigenvalue weighted by molar-refractivity contribution is -0.474. The van der Waals surface area contributed by atoms with Gasteiger partial charge in [0.2, 0.25) is 0 Å². The van der Waals surface area contributed by atoms with Gasteiger partial charge in [-0.15, -0.1) is 0 Å². The fourth-order valence-electron chi connectivity index (χ4n) is 3.59. The summed E-state index contributed by atoms with van der Waals surface area (Å²) in [5.74, 6) is 0. The second kappa shape index (κ2) is 14.3. The normalized spacial score (nSPS) is 16.2. The Bertz CT molecular complexity index is 876. The van der Waals surface area contributed by atoms with Gasteiger partial charge in [-0.2, -0.15) is 119 Å². The molecule has 0 heterocycles. The smallest absolute Gasteiger partial charge is 0.379 e. The Morgan fingerprint density at radius 2 is 0.471 bits per heavy atom. The predicted molar refractivity (Wildman–Crippen MR) is 103 cm³/mol. The van der Waals surface area contributed by atoms with E-state index < -0.39 is 117 Å². The molecule has 0 radical (unpaired) electrons. The highest BCUT2D eigenvalue weighted by Crippen LogP contribution is 2.59. The van der Waals surface area contributed by atoms with Gasteiger partial charge in [0.1, 0.15) is 0 Å². The van der Waals surface area contributed by atoms with Crippen molar-refractivity contribution in [2.75, 3.05) is 39.6 Å². The summed E-state index contributed by atoms with van der Waals surface area (Å²) in [5, 5.41) is 0. The lowest BCUT2D eigenvalue weighted by Crippen LogP contribution is -2.71. The molecule has 5 nitrogen and oxygen atoms in total. The maximum atomic E-state index is 13.4. The van der Waals surface area contributed by atoms with Crippen LogP contribution in [-0.2, 0) is 18.9 Å². The number of alkyl halides is 27. The lowest BCUT2D eigenvalue weighted by Gasteiger charge is -2.45. The highest BCUT2D eigenvalue weighted by atomic mass is 19.5. The summed E-state index contributed by atoms with van der Waals surface area (Å²) in [7, 11) is 0. The third-order valence-corrected chi connectivity index (χ3v) is 6.05. The van der Waals surface area contributed by atoms with E-state index in [1.165, 1.54) is 0 Å².